The highest BCUT2D eigenvalue weighted by Crippen LogP contribution is 2.39. The fourth-order valence-corrected chi connectivity index (χ4v) is 5.09. The van der Waals surface area contributed by atoms with Gasteiger partial charge >= 0.3 is 0 Å². The molecule has 3 fully saturated rings. The van der Waals surface area contributed by atoms with Crippen LogP contribution in [-0.2, 0) is 9.59 Å². The summed E-state index contributed by atoms with van der Waals surface area (Å²) in [4.78, 5) is 41.5. The molecule has 0 aliphatic carbocycles. The van der Waals surface area contributed by atoms with Gasteiger partial charge in [0.1, 0.15) is 6.54 Å². The first-order chi connectivity index (χ1) is 11.7. The summed E-state index contributed by atoms with van der Waals surface area (Å²) in [6, 6.07) is 0. The molecule has 6 nitrogen and oxygen atoms in total. The van der Waals surface area contributed by atoms with Gasteiger partial charge in [-0.1, -0.05) is 32.5 Å². The zero-order valence-electron chi connectivity index (χ0n) is 15.5. The van der Waals surface area contributed by atoms with Gasteiger partial charge in [0.2, 0.25) is 11.8 Å². The van der Waals surface area contributed by atoms with Crippen molar-refractivity contribution in [1.29, 1.82) is 0 Å². The van der Waals surface area contributed by atoms with Crippen LogP contribution in [0, 0.1) is 10.8 Å². The number of amides is 3. The Morgan fingerprint density at radius 1 is 1.16 bits per heavy atom. The van der Waals surface area contributed by atoms with Crippen molar-refractivity contribution in [2.24, 2.45) is 10.8 Å². The lowest BCUT2D eigenvalue weighted by atomic mass is 9.78. The van der Waals surface area contributed by atoms with E-state index in [0.717, 1.165) is 62.2 Å². The molecule has 3 aliphatic rings. The monoisotopic (exact) mass is 367 g/mol. The van der Waals surface area contributed by atoms with Crippen LogP contribution in [0.2, 0.25) is 0 Å². The molecule has 3 amide bonds. The minimum Gasteiger partial charge on any atom is -0.341 e. The summed E-state index contributed by atoms with van der Waals surface area (Å²) < 4.78 is 0. The normalized spacial score (nSPS) is 28.4. The second kappa shape index (κ2) is 6.91. The van der Waals surface area contributed by atoms with Crippen molar-refractivity contribution in [2.75, 3.05) is 45.0 Å². The van der Waals surface area contributed by atoms with Crippen molar-refractivity contribution in [1.82, 2.24) is 14.7 Å². The quantitative estimate of drug-likeness (QED) is 0.764. The van der Waals surface area contributed by atoms with Crippen LogP contribution >= 0.6 is 11.8 Å². The Morgan fingerprint density at radius 2 is 1.92 bits per heavy atom. The first-order valence-corrected chi connectivity index (χ1v) is 10.1. The highest BCUT2D eigenvalue weighted by Gasteiger charge is 2.44. The van der Waals surface area contributed by atoms with Gasteiger partial charge in [-0.15, -0.1) is 0 Å². The molecular formula is C18H29N3O3S. The number of likely N-dealkylation sites (tertiary alicyclic amines) is 2. The number of carbonyl (C=O) groups is 3. The maximum atomic E-state index is 12.6. The first-order valence-electron chi connectivity index (χ1n) is 9.15. The predicted molar refractivity (Wildman–Crippen MR) is 98.3 cm³/mol. The van der Waals surface area contributed by atoms with Crippen LogP contribution in [0.5, 0.6) is 0 Å². The van der Waals surface area contributed by atoms with Gasteiger partial charge in [-0.05, 0) is 31.2 Å². The summed E-state index contributed by atoms with van der Waals surface area (Å²) in [5.41, 5.74) is 0.466. The Labute approximate surface area is 154 Å². The van der Waals surface area contributed by atoms with Gasteiger partial charge in [-0.25, -0.2) is 0 Å². The smallest absolute Gasteiger partial charge is 0.289 e. The third kappa shape index (κ3) is 4.37. The van der Waals surface area contributed by atoms with Gasteiger partial charge in [-0.2, -0.15) is 0 Å². The van der Waals surface area contributed by atoms with Crippen molar-refractivity contribution in [3.63, 3.8) is 0 Å². The molecule has 1 spiro atoms. The lowest BCUT2D eigenvalue weighted by Crippen LogP contribution is -2.48. The largest absolute Gasteiger partial charge is 0.341 e. The van der Waals surface area contributed by atoms with Crippen molar-refractivity contribution < 1.29 is 14.4 Å². The molecule has 7 heteroatoms. The predicted octanol–water partition coefficient (Wildman–Crippen LogP) is 2.04. The van der Waals surface area contributed by atoms with E-state index < -0.39 is 0 Å². The summed E-state index contributed by atoms with van der Waals surface area (Å²) >= 11 is 0.985. The van der Waals surface area contributed by atoms with Crippen LogP contribution in [-0.4, -0.2) is 76.8 Å². The van der Waals surface area contributed by atoms with E-state index in [1.165, 1.54) is 6.42 Å². The molecule has 3 saturated heterocycles. The van der Waals surface area contributed by atoms with E-state index in [9.17, 15) is 14.4 Å². The van der Waals surface area contributed by atoms with E-state index in [0.29, 0.717) is 0 Å². The van der Waals surface area contributed by atoms with Crippen molar-refractivity contribution in [3.05, 3.63) is 0 Å². The van der Waals surface area contributed by atoms with Gasteiger partial charge in [0.05, 0.1) is 5.75 Å². The minimum atomic E-state index is -0.290. The number of hydrogen-bond donors (Lipinski definition) is 0. The summed E-state index contributed by atoms with van der Waals surface area (Å²) in [5, 5.41) is -0.290. The highest BCUT2D eigenvalue weighted by molar-refractivity contribution is 8.14. The zero-order chi connectivity index (χ0) is 18.2. The number of nitrogens with zero attached hydrogens (tertiary/aromatic N) is 3. The first kappa shape index (κ1) is 18.7. The van der Waals surface area contributed by atoms with E-state index in [1.807, 2.05) is 4.90 Å². The molecule has 0 aromatic carbocycles. The number of hydrogen-bond acceptors (Lipinski definition) is 5. The molecule has 0 saturated carbocycles. The SMILES string of the molecule is CC(C)(C)CN1CCCC2(CCN(C(=O)CN3C(=O)CSC3=O)C2)C1. The van der Waals surface area contributed by atoms with E-state index in [1.54, 1.807) is 0 Å². The lowest BCUT2D eigenvalue weighted by molar-refractivity contribution is -0.136. The molecule has 140 valence electrons. The zero-order valence-corrected chi connectivity index (χ0v) is 16.4. The summed E-state index contributed by atoms with van der Waals surface area (Å²) in [6.45, 7) is 11.5. The van der Waals surface area contributed by atoms with Gasteiger partial charge in [0.25, 0.3) is 5.24 Å². The van der Waals surface area contributed by atoms with Crippen molar-refractivity contribution in [2.45, 2.75) is 40.0 Å². The van der Waals surface area contributed by atoms with E-state index >= 15 is 0 Å². The number of carbonyl (C=O) groups excluding carboxylic acids is 3. The van der Waals surface area contributed by atoms with E-state index in [2.05, 4.69) is 25.7 Å². The second-order valence-corrected chi connectivity index (χ2v) is 9.90. The lowest BCUT2D eigenvalue weighted by Gasteiger charge is -2.42. The molecular weight excluding hydrogens is 338 g/mol. The Balaban J connectivity index is 1.58. The number of imide groups is 1. The fraction of sp³-hybridized carbons (Fsp3) is 0.833. The molecule has 0 bridgehead atoms. The van der Waals surface area contributed by atoms with Crippen LogP contribution in [0.1, 0.15) is 40.0 Å². The molecule has 1 atom stereocenters. The Morgan fingerprint density at radius 3 is 2.56 bits per heavy atom. The van der Waals surface area contributed by atoms with Crippen molar-refractivity contribution >= 4 is 28.8 Å². The maximum absolute atomic E-state index is 12.6. The topological polar surface area (TPSA) is 60.9 Å². The molecule has 0 aromatic heterocycles. The Hall–Kier alpha value is -1.08. The molecule has 25 heavy (non-hydrogen) atoms. The van der Waals surface area contributed by atoms with Gasteiger partial charge in [0, 0.05) is 31.6 Å². The third-order valence-corrected chi connectivity index (χ3v) is 6.22. The summed E-state index contributed by atoms with van der Waals surface area (Å²) in [6.07, 6.45) is 3.36. The van der Waals surface area contributed by atoms with E-state index in [4.69, 9.17) is 0 Å². The standard InChI is InChI=1S/C18H29N3O3S/c1-17(2,3)11-19-7-4-5-18(12-19)6-8-20(13-18)14(22)9-21-15(23)10-25-16(21)24/h4-13H2,1-3H3. The molecule has 1 unspecified atom stereocenters. The van der Waals surface area contributed by atoms with Gasteiger partial charge in [-0.3, -0.25) is 19.3 Å². The summed E-state index contributed by atoms with van der Waals surface area (Å²) in [5.74, 6) is -0.169. The van der Waals surface area contributed by atoms with Crippen LogP contribution in [0.15, 0.2) is 0 Å². The van der Waals surface area contributed by atoms with Crippen LogP contribution in [0.4, 0.5) is 4.79 Å². The number of thioether (sulfide) groups is 1. The van der Waals surface area contributed by atoms with Gasteiger partial charge < -0.3 is 9.80 Å². The summed E-state index contributed by atoms with van der Waals surface area (Å²) in [7, 11) is 0. The third-order valence-electron chi connectivity index (χ3n) is 5.36. The molecule has 3 rings (SSSR count). The maximum Gasteiger partial charge on any atom is 0.289 e. The average molecular weight is 368 g/mol. The van der Waals surface area contributed by atoms with E-state index in [-0.39, 0.29) is 40.2 Å². The van der Waals surface area contributed by atoms with Crippen LogP contribution < -0.4 is 0 Å². The van der Waals surface area contributed by atoms with Gasteiger partial charge in [0.15, 0.2) is 0 Å². The molecule has 3 heterocycles. The minimum absolute atomic E-state index is 0.0889. The Bertz CT molecular complexity index is 558. The second-order valence-electron chi connectivity index (χ2n) is 8.97. The molecule has 0 aromatic rings. The van der Waals surface area contributed by atoms with Crippen LogP contribution in [0.25, 0.3) is 0 Å². The van der Waals surface area contributed by atoms with Crippen molar-refractivity contribution in [3.8, 4) is 0 Å². The highest BCUT2D eigenvalue weighted by atomic mass is 32.2. The molecule has 3 aliphatic heterocycles. The number of piperidine rings is 1. The molecule has 0 radical (unpaired) electrons. The average Bonchev–Trinajstić information content (AvgIpc) is 3.04. The molecule has 0 N–H and O–H groups in total. The Kier molecular flexibility index (Phi) is 5.17. The fourth-order valence-electron chi connectivity index (χ4n) is 4.37. The van der Waals surface area contributed by atoms with Crippen LogP contribution in [0.3, 0.4) is 0 Å². The number of rotatable bonds is 3.